The van der Waals surface area contributed by atoms with Crippen LogP contribution in [0.15, 0.2) is 22.7 Å². The predicted molar refractivity (Wildman–Crippen MR) is 97.9 cm³/mol. The number of likely N-dealkylation sites (tertiary alicyclic amines) is 1. The molecule has 1 fully saturated rings. The number of benzene rings is 1. The number of hydrogen-bond acceptors (Lipinski definition) is 8. The first-order valence-electron chi connectivity index (χ1n) is 9.42. The third kappa shape index (κ3) is 4.42. The number of nitrogens with zero attached hydrogens (tertiary/aromatic N) is 3. The fourth-order valence-electron chi connectivity index (χ4n) is 3.46. The van der Waals surface area contributed by atoms with Crippen molar-refractivity contribution in [2.45, 2.75) is 26.0 Å². The molecule has 3 heterocycles. The second kappa shape index (κ2) is 8.57. The van der Waals surface area contributed by atoms with Crippen LogP contribution >= 0.6 is 0 Å². The van der Waals surface area contributed by atoms with Crippen molar-refractivity contribution < 1.29 is 23.5 Å². The molecule has 150 valence electrons. The minimum atomic E-state index is -0.0859. The second-order valence-electron chi connectivity index (χ2n) is 7.03. The molecule has 2 aliphatic heterocycles. The third-order valence-corrected chi connectivity index (χ3v) is 5.04. The van der Waals surface area contributed by atoms with Gasteiger partial charge >= 0.3 is 0 Å². The number of amides is 1. The molecule has 28 heavy (non-hydrogen) atoms. The van der Waals surface area contributed by atoms with E-state index in [4.69, 9.17) is 18.7 Å². The normalized spacial score (nSPS) is 17.0. The smallest absolute Gasteiger partial charge is 0.251 e. The van der Waals surface area contributed by atoms with Crippen LogP contribution in [0.25, 0.3) is 0 Å². The molecule has 0 bridgehead atoms. The Hall–Kier alpha value is -2.65. The van der Waals surface area contributed by atoms with E-state index < -0.39 is 0 Å². The maximum atomic E-state index is 12.4. The molecular weight excluding hydrogens is 364 g/mol. The number of carbonyl (C=O) groups excluding carboxylic acids is 1. The average Bonchev–Trinajstić information content (AvgIpc) is 3.36. The molecule has 0 atom stereocenters. The van der Waals surface area contributed by atoms with Crippen molar-refractivity contribution in [1.82, 2.24) is 20.4 Å². The number of carbonyl (C=O) groups is 1. The van der Waals surface area contributed by atoms with Crippen LogP contribution in [0.4, 0.5) is 0 Å². The Balaban J connectivity index is 1.20. The van der Waals surface area contributed by atoms with E-state index in [1.165, 1.54) is 0 Å². The molecule has 0 radical (unpaired) electrons. The van der Waals surface area contributed by atoms with Gasteiger partial charge in [0.2, 0.25) is 12.7 Å². The first-order chi connectivity index (χ1) is 13.7. The Morgan fingerprint density at radius 2 is 2.11 bits per heavy atom. The van der Waals surface area contributed by atoms with Crippen LogP contribution in [0.5, 0.6) is 11.5 Å². The third-order valence-electron chi connectivity index (χ3n) is 5.04. The molecular formula is C19H24N4O5. The predicted octanol–water partition coefficient (Wildman–Crippen LogP) is 1.59. The Morgan fingerprint density at radius 1 is 1.29 bits per heavy atom. The zero-order valence-electron chi connectivity index (χ0n) is 15.8. The van der Waals surface area contributed by atoms with Crippen molar-refractivity contribution in [2.24, 2.45) is 5.92 Å². The number of fused-ring (bicyclic) bond motifs is 1. The van der Waals surface area contributed by atoms with Crippen LogP contribution < -0.4 is 14.8 Å². The van der Waals surface area contributed by atoms with Gasteiger partial charge in [0.25, 0.3) is 5.91 Å². The molecule has 1 N–H and O–H groups in total. The zero-order valence-corrected chi connectivity index (χ0v) is 15.8. The maximum Gasteiger partial charge on any atom is 0.251 e. The van der Waals surface area contributed by atoms with Crippen LogP contribution in [0, 0.1) is 5.92 Å². The van der Waals surface area contributed by atoms with Crippen molar-refractivity contribution >= 4 is 5.91 Å². The minimum absolute atomic E-state index is 0.0859. The lowest BCUT2D eigenvalue weighted by Crippen LogP contribution is -2.38. The Kier molecular flexibility index (Phi) is 5.73. The van der Waals surface area contributed by atoms with E-state index in [0.29, 0.717) is 54.4 Å². The molecule has 1 amide bonds. The van der Waals surface area contributed by atoms with Gasteiger partial charge in [-0.2, -0.15) is 4.98 Å². The fourth-order valence-corrected chi connectivity index (χ4v) is 3.46. The van der Waals surface area contributed by atoms with Crippen molar-refractivity contribution in [1.29, 1.82) is 0 Å². The van der Waals surface area contributed by atoms with Gasteiger partial charge in [-0.15, -0.1) is 0 Å². The minimum Gasteiger partial charge on any atom is -0.454 e. The number of methoxy groups -OCH3 is 1. The van der Waals surface area contributed by atoms with Crippen LogP contribution in [-0.2, 0) is 17.9 Å². The summed E-state index contributed by atoms with van der Waals surface area (Å²) in [6.45, 7) is 3.75. The number of ether oxygens (including phenoxy) is 3. The SMILES string of the molecule is COCc1noc(CN2CCC(CNC(=O)c3ccc4c(c3)OCO4)CC2)n1. The topological polar surface area (TPSA) is 99.0 Å². The molecule has 0 aliphatic carbocycles. The molecule has 0 spiro atoms. The van der Waals surface area contributed by atoms with Gasteiger partial charge in [-0.3, -0.25) is 9.69 Å². The highest BCUT2D eigenvalue weighted by Gasteiger charge is 2.22. The maximum absolute atomic E-state index is 12.4. The van der Waals surface area contributed by atoms with Gasteiger partial charge in [0.1, 0.15) is 6.61 Å². The summed E-state index contributed by atoms with van der Waals surface area (Å²) in [4.78, 5) is 19.0. The standard InChI is InChI=1S/C19H24N4O5/c1-25-11-17-21-18(28-22-17)10-23-6-4-13(5-7-23)9-20-19(24)14-2-3-15-16(8-14)27-12-26-15/h2-3,8,13H,4-7,9-12H2,1H3,(H,20,24). The van der Waals surface area contributed by atoms with Crippen LogP contribution in [0.1, 0.15) is 34.9 Å². The lowest BCUT2D eigenvalue weighted by molar-refractivity contribution is 0.0933. The first kappa shape index (κ1) is 18.7. The molecule has 1 aromatic carbocycles. The molecule has 2 aliphatic rings. The molecule has 9 heteroatoms. The number of piperidine rings is 1. The van der Waals surface area contributed by atoms with Gasteiger partial charge in [-0.05, 0) is 50.0 Å². The van der Waals surface area contributed by atoms with Crippen molar-refractivity contribution in [3.63, 3.8) is 0 Å². The quantitative estimate of drug-likeness (QED) is 0.763. The summed E-state index contributed by atoms with van der Waals surface area (Å²) in [5.41, 5.74) is 0.588. The summed E-state index contributed by atoms with van der Waals surface area (Å²) >= 11 is 0. The van der Waals surface area contributed by atoms with E-state index in [2.05, 4.69) is 20.4 Å². The van der Waals surface area contributed by atoms with Crippen LogP contribution in [0.2, 0.25) is 0 Å². The lowest BCUT2D eigenvalue weighted by atomic mass is 9.96. The summed E-state index contributed by atoms with van der Waals surface area (Å²) < 4.78 is 20.8. The number of aromatic nitrogens is 2. The van der Waals surface area contributed by atoms with Gasteiger partial charge in [0.05, 0.1) is 6.54 Å². The van der Waals surface area contributed by atoms with Gasteiger partial charge in [0.15, 0.2) is 17.3 Å². The van der Waals surface area contributed by atoms with E-state index in [0.717, 1.165) is 25.9 Å². The number of hydrogen-bond donors (Lipinski definition) is 1. The van der Waals surface area contributed by atoms with E-state index in [-0.39, 0.29) is 12.7 Å². The summed E-state index contributed by atoms with van der Waals surface area (Å²) in [6, 6.07) is 5.25. The summed E-state index contributed by atoms with van der Waals surface area (Å²) in [5.74, 6) is 2.86. The molecule has 0 saturated carbocycles. The second-order valence-corrected chi connectivity index (χ2v) is 7.03. The highest BCUT2D eigenvalue weighted by molar-refractivity contribution is 5.94. The lowest BCUT2D eigenvalue weighted by Gasteiger charge is -2.30. The van der Waals surface area contributed by atoms with Gasteiger partial charge in [-0.1, -0.05) is 5.16 Å². The van der Waals surface area contributed by atoms with Crippen LogP contribution in [-0.4, -0.2) is 54.5 Å². The van der Waals surface area contributed by atoms with Crippen molar-refractivity contribution in [3.05, 3.63) is 35.5 Å². The molecule has 1 saturated heterocycles. The highest BCUT2D eigenvalue weighted by Crippen LogP contribution is 2.32. The summed E-state index contributed by atoms with van der Waals surface area (Å²) in [5, 5.41) is 6.92. The van der Waals surface area contributed by atoms with Gasteiger partial charge < -0.3 is 24.1 Å². The molecule has 9 nitrogen and oxygen atoms in total. The molecule has 4 rings (SSSR count). The number of nitrogens with one attached hydrogen (secondary N) is 1. The first-order valence-corrected chi connectivity index (χ1v) is 9.42. The van der Waals surface area contributed by atoms with E-state index in [9.17, 15) is 4.79 Å². The largest absolute Gasteiger partial charge is 0.454 e. The summed E-state index contributed by atoms with van der Waals surface area (Å²) in [6.07, 6.45) is 2.03. The zero-order chi connectivity index (χ0) is 19.3. The fraction of sp³-hybridized carbons (Fsp3) is 0.526. The van der Waals surface area contributed by atoms with Gasteiger partial charge in [-0.25, -0.2) is 0 Å². The average molecular weight is 388 g/mol. The molecule has 1 aromatic heterocycles. The molecule has 0 unspecified atom stereocenters. The summed E-state index contributed by atoms with van der Waals surface area (Å²) in [7, 11) is 1.60. The van der Waals surface area contributed by atoms with Crippen molar-refractivity contribution in [3.8, 4) is 11.5 Å². The Bertz CT molecular complexity index is 816. The van der Waals surface area contributed by atoms with Gasteiger partial charge in [0, 0.05) is 19.2 Å². The Labute approximate surface area is 162 Å². The Morgan fingerprint density at radius 3 is 2.93 bits per heavy atom. The van der Waals surface area contributed by atoms with Crippen LogP contribution in [0.3, 0.4) is 0 Å². The van der Waals surface area contributed by atoms with E-state index in [1.54, 1.807) is 25.3 Å². The van der Waals surface area contributed by atoms with E-state index >= 15 is 0 Å². The van der Waals surface area contributed by atoms with Crippen molar-refractivity contribution in [2.75, 3.05) is 33.5 Å². The monoisotopic (exact) mass is 388 g/mol. The van der Waals surface area contributed by atoms with E-state index in [1.807, 2.05) is 0 Å². The highest BCUT2D eigenvalue weighted by atomic mass is 16.7. The number of rotatable bonds is 7. The molecule has 2 aromatic rings.